The number of aryl methyl sites for hydroxylation is 1. The van der Waals surface area contributed by atoms with Gasteiger partial charge in [0.1, 0.15) is 16.8 Å². The molecule has 1 heterocycles. The summed E-state index contributed by atoms with van der Waals surface area (Å²) >= 11 is 5.76. The van der Waals surface area contributed by atoms with Crippen molar-refractivity contribution >= 4 is 17.4 Å². The summed E-state index contributed by atoms with van der Waals surface area (Å²) in [5.41, 5.74) is 11.1. The minimum absolute atomic E-state index is 0.0380. The first-order valence-electron chi connectivity index (χ1n) is 3.74. The molecule has 0 aromatic carbocycles. The van der Waals surface area contributed by atoms with Crippen molar-refractivity contribution < 1.29 is 5.11 Å². The highest BCUT2D eigenvalue weighted by molar-refractivity contribution is 6.30. The van der Waals surface area contributed by atoms with E-state index in [9.17, 15) is 5.11 Å². The van der Waals surface area contributed by atoms with Crippen LogP contribution in [0.15, 0.2) is 0 Å². The molecule has 0 aliphatic heterocycles. The van der Waals surface area contributed by atoms with Gasteiger partial charge in [-0.05, 0) is 6.92 Å². The molecule has 72 valence electrons. The van der Waals surface area contributed by atoms with Gasteiger partial charge < -0.3 is 16.6 Å². The van der Waals surface area contributed by atoms with Crippen LogP contribution in [0.3, 0.4) is 0 Å². The molecule has 0 fully saturated rings. The van der Waals surface area contributed by atoms with Crippen molar-refractivity contribution in [3.8, 4) is 0 Å². The fourth-order valence-corrected chi connectivity index (χ4v) is 1.34. The molecular formula is C7H11ClN4O. The molecule has 1 atom stereocenters. The van der Waals surface area contributed by atoms with Crippen LogP contribution in [0.1, 0.15) is 17.5 Å². The Balaban J connectivity index is 3.20. The number of aliphatic hydroxyl groups is 1. The molecule has 13 heavy (non-hydrogen) atoms. The second-order valence-corrected chi connectivity index (χ2v) is 2.97. The summed E-state index contributed by atoms with van der Waals surface area (Å²) in [4.78, 5) is 7.73. The fourth-order valence-electron chi connectivity index (χ4n) is 0.994. The van der Waals surface area contributed by atoms with Gasteiger partial charge in [-0.3, -0.25) is 0 Å². The first-order chi connectivity index (χ1) is 6.06. The lowest BCUT2D eigenvalue weighted by Crippen LogP contribution is -2.15. The Kier molecular flexibility index (Phi) is 3.02. The average Bonchev–Trinajstić information content (AvgIpc) is 2.02. The maximum absolute atomic E-state index is 9.41. The van der Waals surface area contributed by atoms with Gasteiger partial charge in [-0.25, -0.2) is 9.97 Å². The highest BCUT2D eigenvalue weighted by Crippen LogP contribution is 2.24. The summed E-state index contributed by atoms with van der Waals surface area (Å²) in [5, 5.41) is 9.57. The van der Waals surface area contributed by atoms with Gasteiger partial charge in [0, 0.05) is 6.54 Å². The molecule has 1 rings (SSSR count). The molecule has 6 heteroatoms. The summed E-state index contributed by atoms with van der Waals surface area (Å²) in [6, 6.07) is 0. The predicted molar refractivity (Wildman–Crippen MR) is 50.2 cm³/mol. The molecule has 5 N–H and O–H groups in total. The number of halogens is 1. The quantitative estimate of drug-likeness (QED) is 0.587. The van der Waals surface area contributed by atoms with Gasteiger partial charge in [0.25, 0.3) is 0 Å². The number of aliphatic hydroxyl groups excluding tert-OH is 1. The van der Waals surface area contributed by atoms with Crippen LogP contribution < -0.4 is 11.5 Å². The van der Waals surface area contributed by atoms with Gasteiger partial charge in [0.05, 0.1) is 11.7 Å². The summed E-state index contributed by atoms with van der Waals surface area (Å²) in [6.45, 7) is 1.71. The Hall–Kier alpha value is -0.910. The number of hydrogen-bond acceptors (Lipinski definition) is 5. The lowest BCUT2D eigenvalue weighted by atomic mass is 10.2. The maximum Gasteiger partial charge on any atom is 0.140 e. The van der Waals surface area contributed by atoms with E-state index in [-0.39, 0.29) is 17.5 Å². The third-order valence-corrected chi connectivity index (χ3v) is 1.89. The normalized spacial score (nSPS) is 12.9. The maximum atomic E-state index is 9.41. The standard InChI is InChI=1S/C7H11ClN4O/c1-3-11-6(8)5(4(13)2-9)7(10)12-3/h4,13H,2,9H2,1H3,(H2,10,11,12). The van der Waals surface area contributed by atoms with Crippen LogP contribution in [-0.2, 0) is 0 Å². The Morgan fingerprint density at radius 3 is 2.62 bits per heavy atom. The molecule has 1 aromatic rings. The van der Waals surface area contributed by atoms with Crippen LogP contribution in [-0.4, -0.2) is 21.6 Å². The van der Waals surface area contributed by atoms with Gasteiger partial charge in [-0.15, -0.1) is 0 Å². The molecule has 5 nitrogen and oxygen atoms in total. The number of nitrogen functional groups attached to an aromatic ring is 1. The van der Waals surface area contributed by atoms with Gasteiger partial charge in [0.2, 0.25) is 0 Å². The van der Waals surface area contributed by atoms with Crippen molar-refractivity contribution in [2.45, 2.75) is 13.0 Å². The second kappa shape index (κ2) is 3.87. The Bertz CT molecular complexity index is 294. The molecule has 0 saturated heterocycles. The SMILES string of the molecule is Cc1nc(N)c(C(O)CN)c(Cl)n1. The molecule has 0 radical (unpaired) electrons. The van der Waals surface area contributed by atoms with E-state index in [2.05, 4.69) is 9.97 Å². The van der Waals surface area contributed by atoms with E-state index in [1.807, 2.05) is 0 Å². The van der Waals surface area contributed by atoms with E-state index in [0.29, 0.717) is 11.4 Å². The zero-order valence-corrected chi connectivity index (χ0v) is 7.91. The van der Waals surface area contributed by atoms with E-state index >= 15 is 0 Å². The average molecular weight is 203 g/mol. The molecule has 0 saturated carbocycles. The molecular weight excluding hydrogens is 192 g/mol. The highest BCUT2D eigenvalue weighted by Gasteiger charge is 2.16. The topological polar surface area (TPSA) is 98.0 Å². The van der Waals surface area contributed by atoms with Crippen molar-refractivity contribution in [3.63, 3.8) is 0 Å². The second-order valence-electron chi connectivity index (χ2n) is 2.61. The summed E-state index contributed by atoms with van der Waals surface area (Å²) in [6.07, 6.45) is -0.909. The van der Waals surface area contributed by atoms with E-state index in [1.54, 1.807) is 6.92 Å². The minimum Gasteiger partial charge on any atom is -0.387 e. The number of aromatic nitrogens is 2. The number of nitrogens with two attached hydrogens (primary N) is 2. The number of hydrogen-bond donors (Lipinski definition) is 3. The Morgan fingerprint density at radius 1 is 1.54 bits per heavy atom. The molecule has 0 spiro atoms. The van der Waals surface area contributed by atoms with Crippen molar-refractivity contribution in [2.24, 2.45) is 5.73 Å². The molecule has 0 aliphatic rings. The lowest BCUT2D eigenvalue weighted by molar-refractivity contribution is 0.187. The monoisotopic (exact) mass is 202 g/mol. The van der Waals surface area contributed by atoms with Crippen molar-refractivity contribution in [1.82, 2.24) is 9.97 Å². The Labute approximate surface area is 80.7 Å². The van der Waals surface area contributed by atoms with Crippen molar-refractivity contribution in [2.75, 3.05) is 12.3 Å². The lowest BCUT2D eigenvalue weighted by Gasteiger charge is -2.11. The first-order valence-corrected chi connectivity index (χ1v) is 4.11. The third-order valence-electron chi connectivity index (χ3n) is 1.60. The first kappa shape index (κ1) is 10.2. The van der Waals surface area contributed by atoms with Crippen LogP contribution >= 0.6 is 11.6 Å². The highest BCUT2D eigenvalue weighted by atomic mass is 35.5. The smallest absolute Gasteiger partial charge is 0.140 e. The van der Waals surface area contributed by atoms with Crippen LogP contribution in [0.5, 0.6) is 0 Å². The van der Waals surface area contributed by atoms with E-state index in [1.165, 1.54) is 0 Å². The molecule has 1 unspecified atom stereocenters. The minimum atomic E-state index is -0.909. The van der Waals surface area contributed by atoms with Crippen LogP contribution in [0.4, 0.5) is 5.82 Å². The molecule has 0 amide bonds. The largest absolute Gasteiger partial charge is 0.387 e. The van der Waals surface area contributed by atoms with Gasteiger partial charge in [0.15, 0.2) is 0 Å². The van der Waals surface area contributed by atoms with E-state index in [4.69, 9.17) is 23.1 Å². The Morgan fingerprint density at radius 2 is 2.15 bits per heavy atom. The third kappa shape index (κ3) is 2.06. The number of anilines is 1. The van der Waals surface area contributed by atoms with E-state index < -0.39 is 6.10 Å². The van der Waals surface area contributed by atoms with Crippen LogP contribution in [0, 0.1) is 6.92 Å². The molecule has 0 aliphatic carbocycles. The summed E-state index contributed by atoms with van der Waals surface area (Å²) < 4.78 is 0. The number of rotatable bonds is 2. The molecule has 0 bridgehead atoms. The zero-order chi connectivity index (χ0) is 10.0. The summed E-state index contributed by atoms with van der Waals surface area (Å²) in [5.74, 6) is 0.644. The van der Waals surface area contributed by atoms with Gasteiger partial charge in [-0.1, -0.05) is 11.6 Å². The van der Waals surface area contributed by atoms with E-state index in [0.717, 1.165) is 0 Å². The van der Waals surface area contributed by atoms with Crippen LogP contribution in [0.2, 0.25) is 5.15 Å². The fraction of sp³-hybridized carbons (Fsp3) is 0.429. The van der Waals surface area contributed by atoms with Crippen LogP contribution in [0.25, 0.3) is 0 Å². The van der Waals surface area contributed by atoms with Gasteiger partial charge >= 0.3 is 0 Å². The van der Waals surface area contributed by atoms with Gasteiger partial charge in [-0.2, -0.15) is 0 Å². The molecule has 1 aromatic heterocycles. The van der Waals surface area contributed by atoms with Crippen molar-refractivity contribution in [1.29, 1.82) is 0 Å². The zero-order valence-electron chi connectivity index (χ0n) is 7.16. The van der Waals surface area contributed by atoms with Crippen molar-refractivity contribution in [3.05, 3.63) is 16.5 Å². The summed E-state index contributed by atoms with van der Waals surface area (Å²) in [7, 11) is 0. The number of nitrogens with zero attached hydrogens (tertiary/aromatic N) is 2. The predicted octanol–water partition coefficient (Wildman–Crippen LogP) is 0.0127.